The third-order valence-corrected chi connectivity index (χ3v) is 10.2. The Hall–Kier alpha value is -1.17. The van der Waals surface area contributed by atoms with Crippen LogP contribution < -0.4 is 0 Å². The lowest BCUT2D eigenvalue weighted by Gasteiger charge is -2.36. The van der Waals surface area contributed by atoms with Crippen molar-refractivity contribution < 1.29 is 18.7 Å². The zero-order valence-corrected chi connectivity index (χ0v) is 18.0. The highest BCUT2D eigenvalue weighted by molar-refractivity contribution is 6.74. The zero-order valence-electron chi connectivity index (χ0n) is 17.0. The monoisotopic (exact) mass is 378 g/mol. The maximum absolute atomic E-state index is 12.7. The van der Waals surface area contributed by atoms with E-state index in [-0.39, 0.29) is 11.0 Å². The lowest BCUT2D eigenvalue weighted by atomic mass is 9.94. The third-order valence-electron chi connectivity index (χ3n) is 5.68. The minimum absolute atomic E-state index is 0.198. The smallest absolute Gasteiger partial charge is 0.338 e. The quantitative estimate of drug-likeness (QED) is 0.359. The van der Waals surface area contributed by atoms with Gasteiger partial charge in [-0.1, -0.05) is 51.1 Å². The van der Waals surface area contributed by atoms with Crippen molar-refractivity contribution in [1.82, 2.24) is 0 Å². The van der Waals surface area contributed by atoms with E-state index in [4.69, 9.17) is 13.9 Å². The second-order valence-corrected chi connectivity index (χ2v) is 13.5. The largest absolute Gasteiger partial charge is 0.459 e. The van der Waals surface area contributed by atoms with Gasteiger partial charge in [-0.15, -0.1) is 0 Å². The van der Waals surface area contributed by atoms with E-state index in [1.54, 1.807) is 0 Å². The molecule has 0 aromatic heterocycles. The van der Waals surface area contributed by atoms with Gasteiger partial charge < -0.3 is 13.9 Å². The van der Waals surface area contributed by atoms with Crippen molar-refractivity contribution in [3.8, 4) is 0 Å². The van der Waals surface area contributed by atoms with Gasteiger partial charge in [-0.2, -0.15) is 0 Å². The molecule has 0 N–H and O–H groups in total. The molecule has 0 saturated carbocycles. The summed E-state index contributed by atoms with van der Waals surface area (Å²) in [4.78, 5) is 12.7. The van der Waals surface area contributed by atoms with Crippen LogP contribution in [-0.4, -0.2) is 33.1 Å². The van der Waals surface area contributed by atoms with Crippen LogP contribution in [0.4, 0.5) is 0 Å². The van der Waals surface area contributed by atoms with Crippen LogP contribution in [0.5, 0.6) is 0 Å². The number of carbonyl (C=O) groups excluding carboxylic acids is 1. The Kier molecular flexibility index (Phi) is 7.05. The van der Waals surface area contributed by atoms with Crippen molar-refractivity contribution in [3.63, 3.8) is 0 Å². The molecule has 5 heteroatoms. The number of carbonyl (C=O) groups is 1. The fourth-order valence-electron chi connectivity index (χ4n) is 2.91. The molecule has 1 aromatic rings. The Morgan fingerprint density at radius 1 is 1.23 bits per heavy atom. The van der Waals surface area contributed by atoms with Crippen LogP contribution in [0.15, 0.2) is 30.3 Å². The minimum Gasteiger partial charge on any atom is -0.459 e. The van der Waals surface area contributed by atoms with Crippen molar-refractivity contribution in [1.29, 1.82) is 0 Å². The highest BCUT2D eigenvalue weighted by Gasteiger charge is 2.44. The van der Waals surface area contributed by atoms with Gasteiger partial charge >= 0.3 is 5.97 Å². The number of hydrogen-bond acceptors (Lipinski definition) is 4. The molecule has 146 valence electrons. The van der Waals surface area contributed by atoms with Crippen LogP contribution in [0.2, 0.25) is 18.1 Å². The molecule has 1 atom stereocenters. The SMILES string of the molecule is CC(C)(C)[Si](C)(C)OCCCC1(C(=O)OCc2ccccc2)CCCO1. The van der Waals surface area contributed by atoms with E-state index in [1.165, 1.54) is 0 Å². The topological polar surface area (TPSA) is 44.8 Å². The highest BCUT2D eigenvalue weighted by atomic mass is 28.4. The third kappa shape index (κ3) is 5.41. The summed E-state index contributed by atoms with van der Waals surface area (Å²) in [5.41, 5.74) is 0.209. The Morgan fingerprint density at radius 2 is 1.92 bits per heavy atom. The zero-order chi connectivity index (χ0) is 19.3. The van der Waals surface area contributed by atoms with Gasteiger partial charge in [0.05, 0.1) is 0 Å². The van der Waals surface area contributed by atoms with Gasteiger partial charge in [-0.25, -0.2) is 4.79 Å². The van der Waals surface area contributed by atoms with Crippen molar-refractivity contribution in [2.45, 2.75) is 76.8 Å². The normalized spacial score (nSPS) is 21.0. The van der Waals surface area contributed by atoms with Gasteiger partial charge in [0.15, 0.2) is 13.9 Å². The van der Waals surface area contributed by atoms with E-state index in [0.717, 1.165) is 24.8 Å². The van der Waals surface area contributed by atoms with Gasteiger partial charge in [-0.3, -0.25) is 0 Å². The van der Waals surface area contributed by atoms with Crippen LogP contribution in [-0.2, 0) is 25.3 Å². The first-order valence-electron chi connectivity index (χ1n) is 9.65. The maximum Gasteiger partial charge on any atom is 0.338 e. The number of rotatable bonds is 8. The standard InChI is InChI=1S/C21H34O4Si/c1-20(2,3)26(4,5)25-16-10-14-21(13-9-15-24-21)19(22)23-17-18-11-7-6-8-12-18/h6-8,11-12H,9-10,13-17H2,1-5H3. The fraction of sp³-hybridized carbons (Fsp3) is 0.667. The molecule has 1 saturated heterocycles. The molecule has 1 fully saturated rings. The Labute approximate surface area is 159 Å². The first-order valence-corrected chi connectivity index (χ1v) is 12.6. The van der Waals surface area contributed by atoms with E-state index in [2.05, 4.69) is 33.9 Å². The summed E-state index contributed by atoms with van der Waals surface area (Å²) >= 11 is 0. The molecule has 1 aliphatic heterocycles. The maximum atomic E-state index is 12.7. The van der Waals surface area contributed by atoms with Crippen LogP contribution in [0.25, 0.3) is 0 Å². The van der Waals surface area contributed by atoms with Gasteiger partial charge in [-0.05, 0) is 49.4 Å². The van der Waals surface area contributed by atoms with E-state index in [9.17, 15) is 4.79 Å². The van der Waals surface area contributed by atoms with Crippen LogP contribution >= 0.6 is 0 Å². The Morgan fingerprint density at radius 3 is 2.50 bits per heavy atom. The Bertz CT molecular complexity index is 571. The highest BCUT2D eigenvalue weighted by Crippen LogP contribution is 2.37. The molecule has 1 heterocycles. The van der Waals surface area contributed by atoms with Crippen LogP contribution in [0.1, 0.15) is 52.0 Å². The van der Waals surface area contributed by atoms with E-state index in [1.807, 2.05) is 30.3 Å². The molecule has 0 spiro atoms. The van der Waals surface area contributed by atoms with Gasteiger partial charge in [0.25, 0.3) is 0 Å². The molecule has 2 rings (SSSR count). The average molecular weight is 379 g/mol. The first kappa shape index (κ1) is 21.1. The van der Waals surface area contributed by atoms with E-state index >= 15 is 0 Å². The molecule has 1 aliphatic rings. The molecule has 0 bridgehead atoms. The summed E-state index contributed by atoms with van der Waals surface area (Å²) in [7, 11) is -1.75. The molecule has 1 unspecified atom stereocenters. The average Bonchev–Trinajstić information content (AvgIpc) is 3.07. The van der Waals surface area contributed by atoms with Crippen LogP contribution in [0, 0.1) is 0 Å². The molecule has 0 amide bonds. The minimum atomic E-state index is -1.75. The second kappa shape index (κ2) is 8.68. The van der Waals surface area contributed by atoms with Crippen LogP contribution in [0.3, 0.4) is 0 Å². The number of benzene rings is 1. The molecular weight excluding hydrogens is 344 g/mol. The summed E-state index contributed by atoms with van der Waals surface area (Å²) in [6.45, 7) is 12.8. The summed E-state index contributed by atoms with van der Waals surface area (Å²) in [6, 6.07) is 9.77. The summed E-state index contributed by atoms with van der Waals surface area (Å²) in [5.74, 6) is -0.230. The lowest BCUT2D eigenvalue weighted by molar-refractivity contribution is -0.169. The predicted octanol–water partition coefficient (Wildman–Crippen LogP) is 5.08. The summed E-state index contributed by atoms with van der Waals surface area (Å²) in [6.07, 6.45) is 3.12. The molecule has 26 heavy (non-hydrogen) atoms. The molecule has 1 aromatic carbocycles. The molecular formula is C21H34O4Si. The fourth-order valence-corrected chi connectivity index (χ4v) is 4.00. The number of hydrogen-bond donors (Lipinski definition) is 0. The first-order chi connectivity index (χ1) is 12.2. The van der Waals surface area contributed by atoms with Crippen molar-refractivity contribution in [2.75, 3.05) is 13.2 Å². The van der Waals surface area contributed by atoms with Gasteiger partial charge in [0.1, 0.15) is 6.61 Å². The van der Waals surface area contributed by atoms with E-state index < -0.39 is 13.9 Å². The Balaban J connectivity index is 1.86. The van der Waals surface area contributed by atoms with Crippen molar-refractivity contribution in [3.05, 3.63) is 35.9 Å². The van der Waals surface area contributed by atoms with Crippen molar-refractivity contribution >= 4 is 14.3 Å². The summed E-state index contributed by atoms with van der Waals surface area (Å²) in [5, 5.41) is 0.198. The lowest BCUT2D eigenvalue weighted by Crippen LogP contribution is -2.42. The molecule has 4 nitrogen and oxygen atoms in total. The second-order valence-electron chi connectivity index (χ2n) is 8.72. The number of ether oxygens (including phenoxy) is 2. The van der Waals surface area contributed by atoms with E-state index in [0.29, 0.717) is 26.2 Å². The summed E-state index contributed by atoms with van der Waals surface area (Å²) < 4.78 is 17.7. The van der Waals surface area contributed by atoms with Crippen molar-refractivity contribution in [2.24, 2.45) is 0 Å². The number of esters is 1. The van der Waals surface area contributed by atoms with Gasteiger partial charge in [0, 0.05) is 13.2 Å². The molecule has 0 aliphatic carbocycles. The van der Waals surface area contributed by atoms with Gasteiger partial charge in [0.2, 0.25) is 0 Å². The predicted molar refractivity (Wildman–Crippen MR) is 107 cm³/mol. The molecule has 0 radical (unpaired) electrons.